The van der Waals surface area contributed by atoms with Gasteiger partial charge in [-0.3, -0.25) is 0 Å². The largest absolute Gasteiger partial charge is 0.370 e. The summed E-state index contributed by atoms with van der Waals surface area (Å²) in [6, 6.07) is 4.21. The van der Waals surface area contributed by atoms with Crippen LogP contribution in [0.25, 0.3) is 0 Å². The summed E-state index contributed by atoms with van der Waals surface area (Å²) in [4.78, 5) is 6.77. The molecule has 1 aromatic heterocycles. The van der Waals surface area contributed by atoms with Crippen molar-refractivity contribution in [3.05, 3.63) is 18.3 Å². The Balaban J connectivity index is 2.18. The minimum absolute atomic E-state index is 0.137. The van der Waals surface area contributed by atoms with Gasteiger partial charge in [-0.2, -0.15) is 0 Å². The first-order valence-corrected chi connectivity index (χ1v) is 7.46. The first-order valence-electron chi connectivity index (χ1n) is 7.46. The lowest BCUT2D eigenvalue weighted by Gasteiger charge is -2.48. The zero-order valence-corrected chi connectivity index (χ0v) is 13.4. The van der Waals surface area contributed by atoms with E-state index in [1.54, 1.807) is 0 Å². The summed E-state index contributed by atoms with van der Waals surface area (Å²) in [5.41, 5.74) is 0.937. The van der Waals surface area contributed by atoms with Crippen LogP contribution in [0.1, 0.15) is 41.0 Å². The quantitative estimate of drug-likeness (QED) is 0.916. The van der Waals surface area contributed by atoms with Crippen molar-refractivity contribution in [1.29, 1.82) is 0 Å². The second-order valence-electron chi connectivity index (χ2n) is 6.80. The molecular formula is C16H27N3O. The molecule has 4 nitrogen and oxygen atoms in total. The molecule has 0 amide bonds. The van der Waals surface area contributed by atoms with Crippen LogP contribution >= 0.6 is 0 Å². The molecule has 1 aliphatic heterocycles. The Morgan fingerprint density at radius 3 is 2.50 bits per heavy atom. The third-order valence-electron chi connectivity index (χ3n) is 3.36. The lowest BCUT2D eigenvalue weighted by molar-refractivity contribution is -0.133. The minimum atomic E-state index is -0.137. The van der Waals surface area contributed by atoms with E-state index in [1.165, 1.54) is 5.69 Å². The molecule has 1 aliphatic rings. The third kappa shape index (κ3) is 3.85. The van der Waals surface area contributed by atoms with E-state index < -0.39 is 0 Å². The zero-order valence-electron chi connectivity index (χ0n) is 13.4. The summed E-state index contributed by atoms with van der Waals surface area (Å²) >= 11 is 0. The number of morpholine rings is 1. The van der Waals surface area contributed by atoms with Crippen LogP contribution in [0.2, 0.25) is 0 Å². The maximum Gasteiger partial charge on any atom is 0.127 e. The van der Waals surface area contributed by atoms with E-state index in [-0.39, 0.29) is 11.2 Å². The van der Waals surface area contributed by atoms with Crippen LogP contribution in [-0.2, 0) is 4.74 Å². The van der Waals surface area contributed by atoms with Gasteiger partial charge >= 0.3 is 0 Å². The van der Waals surface area contributed by atoms with Crippen molar-refractivity contribution in [2.24, 2.45) is 0 Å². The molecule has 2 rings (SSSR count). The van der Waals surface area contributed by atoms with Crippen LogP contribution in [0.3, 0.4) is 0 Å². The number of nitrogens with zero attached hydrogens (tertiary/aromatic N) is 2. The second-order valence-corrected chi connectivity index (χ2v) is 6.80. The average Bonchev–Trinajstić information content (AvgIpc) is 2.33. The highest BCUT2D eigenvalue weighted by atomic mass is 16.5. The Kier molecular flexibility index (Phi) is 4.23. The molecule has 0 saturated carbocycles. The van der Waals surface area contributed by atoms with Crippen LogP contribution in [0.4, 0.5) is 11.5 Å². The van der Waals surface area contributed by atoms with E-state index in [1.807, 2.05) is 6.20 Å². The predicted molar refractivity (Wildman–Crippen MR) is 84.5 cm³/mol. The van der Waals surface area contributed by atoms with Crippen molar-refractivity contribution in [3.8, 4) is 0 Å². The molecule has 1 aromatic rings. The molecular weight excluding hydrogens is 250 g/mol. The summed E-state index contributed by atoms with van der Waals surface area (Å²) in [5, 5.41) is 3.35. The standard InChI is InChI=1S/C16H27N3O/c1-6-8-17-14-10-13(7-9-18-14)19-11-15(2,3)20-16(4,5)12-19/h7,9-10H,6,8,11-12H2,1-5H3,(H,17,18). The molecule has 112 valence electrons. The SMILES string of the molecule is CCCNc1cc(N2CC(C)(C)OC(C)(C)C2)ccn1. The lowest BCUT2D eigenvalue weighted by atomic mass is 9.98. The Morgan fingerprint density at radius 2 is 1.90 bits per heavy atom. The first kappa shape index (κ1) is 15.1. The van der Waals surface area contributed by atoms with Gasteiger partial charge in [0.05, 0.1) is 11.2 Å². The summed E-state index contributed by atoms with van der Waals surface area (Å²) in [7, 11) is 0. The molecule has 4 heteroatoms. The Labute approximate surface area is 122 Å². The molecule has 1 fully saturated rings. The summed E-state index contributed by atoms with van der Waals surface area (Å²) in [6.45, 7) is 13.5. The summed E-state index contributed by atoms with van der Waals surface area (Å²) < 4.78 is 6.14. The highest BCUT2D eigenvalue weighted by Crippen LogP contribution is 2.31. The Bertz CT molecular complexity index is 441. The van der Waals surface area contributed by atoms with Crippen LogP contribution in [0.15, 0.2) is 18.3 Å². The number of anilines is 2. The van der Waals surface area contributed by atoms with Crippen molar-refractivity contribution >= 4 is 11.5 Å². The van der Waals surface area contributed by atoms with Crippen LogP contribution in [0, 0.1) is 0 Å². The normalized spacial score (nSPS) is 20.8. The molecule has 0 unspecified atom stereocenters. The number of ether oxygens (including phenoxy) is 1. The second kappa shape index (κ2) is 5.60. The van der Waals surface area contributed by atoms with Gasteiger partial charge in [0.25, 0.3) is 0 Å². The highest BCUT2D eigenvalue weighted by molar-refractivity contribution is 5.54. The van der Waals surface area contributed by atoms with Crippen molar-refractivity contribution in [2.45, 2.75) is 52.2 Å². The number of hydrogen-bond donors (Lipinski definition) is 1. The van der Waals surface area contributed by atoms with Crippen molar-refractivity contribution in [1.82, 2.24) is 4.98 Å². The van der Waals surface area contributed by atoms with E-state index in [9.17, 15) is 0 Å². The number of rotatable bonds is 4. The van der Waals surface area contributed by atoms with E-state index in [0.29, 0.717) is 0 Å². The monoisotopic (exact) mass is 277 g/mol. The van der Waals surface area contributed by atoms with Crippen molar-refractivity contribution < 1.29 is 4.74 Å². The molecule has 0 spiro atoms. The third-order valence-corrected chi connectivity index (χ3v) is 3.36. The fraction of sp³-hybridized carbons (Fsp3) is 0.688. The Hall–Kier alpha value is -1.29. The van der Waals surface area contributed by atoms with E-state index in [2.05, 4.69) is 62.0 Å². The number of aromatic nitrogens is 1. The molecule has 20 heavy (non-hydrogen) atoms. The topological polar surface area (TPSA) is 37.4 Å². The van der Waals surface area contributed by atoms with E-state index >= 15 is 0 Å². The molecule has 0 radical (unpaired) electrons. The van der Waals surface area contributed by atoms with Gasteiger partial charge in [-0.25, -0.2) is 4.98 Å². The number of hydrogen-bond acceptors (Lipinski definition) is 4. The van der Waals surface area contributed by atoms with Crippen molar-refractivity contribution in [3.63, 3.8) is 0 Å². The van der Waals surface area contributed by atoms with E-state index in [4.69, 9.17) is 4.74 Å². The smallest absolute Gasteiger partial charge is 0.127 e. The highest BCUT2D eigenvalue weighted by Gasteiger charge is 2.38. The molecule has 2 heterocycles. The van der Waals surface area contributed by atoms with Gasteiger partial charge in [0.15, 0.2) is 0 Å². The predicted octanol–water partition coefficient (Wildman–Crippen LogP) is 3.30. The van der Waals surface area contributed by atoms with Gasteiger partial charge in [-0.15, -0.1) is 0 Å². The van der Waals surface area contributed by atoms with Crippen LogP contribution in [0.5, 0.6) is 0 Å². The maximum absolute atomic E-state index is 6.14. The molecule has 0 atom stereocenters. The summed E-state index contributed by atoms with van der Waals surface area (Å²) in [6.07, 6.45) is 2.98. The van der Waals surface area contributed by atoms with Gasteiger partial charge in [0.1, 0.15) is 5.82 Å². The summed E-state index contributed by atoms with van der Waals surface area (Å²) in [5.74, 6) is 0.950. The molecule has 0 aromatic carbocycles. The Morgan fingerprint density at radius 1 is 1.25 bits per heavy atom. The average molecular weight is 277 g/mol. The fourth-order valence-corrected chi connectivity index (χ4v) is 2.94. The number of nitrogens with one attached hydrogen (secondary N) is 1. The molecule has 1 saturated heterocycles. The van der Waals surface area contributed by atoms with Gasteiger partial charge in [-0.05, 0) is 40.2 Å². The van der Waals surface area contributed by atoms with Crippen LogP contribution < -0.4 is 10.2 Å². The van der Waals surface area contributed by atoms with Crippen molar-refractivity contribution in [2.75, 3.05) is 29.9 Å². The van der Waals surface area contributed by atoms with E-state index in [0.717, 1.165) is 31.9 Å². The van der Waals surface area contributed by atoms with Gasteiger partial charge in [-0.1, -0.05) is 6.92 Å². The first-order chi connectivity index (χ1) is 9.31. The fourth-order valence-electron chi connectivity index (χ4n) is 2.94. The molecule has 1 N–H and O–H groups in total. The minimum Gasteiger partial charge on any atom is -0.370 e. The van der Waals surface area contributed by atoms with Gasteiger partial charge in [0.2, 0.25) is 0 Å². The molecule has 0 bridgehead atoms. The molecule has 0 aliphatic carbocycles. The zero-order chi connectivity index (χ0) is 14.8. The number of pyridine rings is 1. The van der Waals surface area contributed by atoms with Crippen LogP contribution in [-0.4, -0.2) is 35.8 Å². The van der Waals surface area contributed by atoms with Gasteiger partial charge in [0, 0.05) is 37.6 Å². The maximum atomic E-state index is 6.14. The van der Waals surface area contributed by atoms with Gasteiger partial charge < -0.3 is 15.0 Å². The lowest BCUT2D eigenvalue weighted by Crippen LogP contribution is -2.57.